The molecule has 2 amide bonds. The van der Waals surface area contributed by atoms with Gasteiger partial charge in [-0.3, -0.25) is 4.79 Å². The number of aryl methyl sites for hydroxylation is 1. The highest BCUT2D eigenvalue weighted by Crippen LogP contribution is 2.16. The molecule has 0 bridgehead atoms. The van der Waals surface area contributed by atoms with E-state index < -0.39 is 6.09 Å². The minimum absolute atomic E-state index is 0.148. The van der Waals surface area contributed by atoms with Gasteiger partial charge in [-0.2, -0.15) is 0 Å². The number of carbonyl (C=O) groups excluding carboxylic acids is 1. The summed E-state index contributed by atoms with van der Waals surface area (Å²) in [6.07, 6.45) is 2.15. The average Bonchev–Trinajstić information content (AvgIpc) is 3.01. The van der Waals surface area contributed by atoms with Crippen molar-refractivity contribution in [1.29, 1.82) is 0 Å². The Labute approximate surface area is 158 Å². The fourth-order valence-electron chi connectivity index (χ4n) is 3.26. The van der Waals surface area contributed by atoms with Crippen LogP contribution in [0.3, 0.4) is 0 Å². The van der Waals surface area contributed by atoms with Crippen molar-refractivity contribution in [2.45, 2.75) is 64.6 Å². The minimum atomic E-state index is -0.934. The Hall–Kier alpha value is -1.80. The number of halogens is 1. The van der Waals surface area contributed by atoms with Gasteiger partial charge >= 0.3 is 6.09 Å². The maximum atomic E-state index is 12.6. The monoisotopic (exact) mass is 385 g/mol. The van der Waals surface area contributed by atoms with Gasteiger partial charge in [0.25, 0.3) is 5.91 Å². The quantitative estimate of drug-likeness (QED) is 0.575. The van der Waals surface area contributed by atoms with Gasteiger partial charge in [0.1, 0.15) is 0 Å². The van der Waals surface area contributed by atoms with Crippen LogP contribution in [0.4, 0.5) is 4.79 Å². The Morgan fingerprint density at radius 2 is 2.04 bits per heavy atom. The molecule has 1 aliphatic heterocycles. The van der Waals surface area contributed by atoms with Gasteiger partial charge < -0.3 is 25.6 Å². The zero-order chi connectivity index (χ0) is 19.3. The number of nitrogens with zero attached hydrogens (tertiary/aromatic N) is 2. The van der Waals surface area contributed by atoms with E-state index in [2.05, 4.69) is 34.4 Å². The first-order chi connectivity index (χ1) is 12.4. The van der Waals surface area contributed by atoms with Crippen LogP contribution in [0.25, 0.3) is 0 Å². The summed E-state index contributed by atoms with van der Waals surface area (Å²) in [6.45, 7) is 6.84. The summed E-state index contributed by atoms with van der Waals surface area (Å²) in [6, 6.07) is -0.0460. The van der Waals surface area contributed by atoms with Crippen molar-refractivity contribution in [1.82, 2.24) is 25.5 Å². The molecule has 1 aromatic heterocycles. The molecule has 1 aliphatic rings. The van der Waals surface area contributed by atoms with E-state index in [0.717, 1.165) is 18.5 Å². The number of amides is 2. The Morgan fingerprint density at radius 1 is 1.35 bits per heavy atom. The average molecular weight is 386 g/mol. The van der Waals surface area contributed by atoms with Crippen LogP contribution in [0.2, 0.25) is 5.15 Å². The third-order valence-corrected chi connectivity index (χ3v) is 5.24. The molecule has 26 heavy (non-hydrogen) atoms. The summed E-state index contributed by atoms with van der Waals surface area (Å²) in [5.41, 5.74) is 0.726. The van der Waals surface area contributed by atoms with E-state index in [1.165, 1.54) is 4.90 Å². The van der Waals surface area contributed by atoms with Crippen molar-refractivity contribution < 1.29 is 14.7 Å². The van der Waals surface area contributed by atoms with Gasteiger partial charge in [0.2, 0.25) is 0 Å². The Kier molecular flexibility index (Phi) is 7.28. The van der Waals surface area contributed by atoms with E-state index in [1.807, 2.05) is 6.92 Å². The van der Waals surface area contributed by atoms with E-state index in [9.17, 15) is 14.7 Å². The van der Waals surface area contributed by atoms with Crippen molar-refractivity contribution in [3.8, 4) is 0 Å². The number of carboxylic acid groups (broad SMARTS) is 1. The van der Waals surface area contributed by atoms with Gasteiger partial charge in [0.15, 0.2) is 11.0 Å². The van der Waals surface area contributed by atoms with Gasteiger partial charge in [0.05, 0.1) is 5.69 Å². The topological polar surface area (TPSA) is 110 Å². The molecule has 146 valence electrons. The molecule has 0 aliphatic carbocycles. The number of hydrogen-bond acceptors (Lipinski definition) is 4. The summed E-state index contributed by atoms with van der Waals surface area (Å²) >= 11 is 6.01. The van der Waals surface area contributed by atoms with Crippen LogP contribution in [0, 0.1) is 0 Å². The largest absolute Gasteiger partial charge is 0.465 e. The second-order valence-electron chi connectivity index (χ2n) is 6.59. The fraction of sp³-hybridized carbons (Fsp3) is 0.706. The Balaban J connectivity index is 2.10. The molecule has 0 unspecified atom stereocenters. The number of nitrogens with one attached hydrogen (secondary N) is 3. The lowest BCUT2D eigenvalue weighted by atomic mass is 9.97. The van der Waals surface area contributed by atoms with Gasteiger partial charge in [-0.1, -0.05) is 32.4 Å². The molecule has 2 heterocycles. The standard InChI is InChI=1S/C17H28ClN5O3/c1-4-10(5-2)19-13-9-23(17(25)26)8-7-12(13)21-16(24)15-20-11(6-3)14(18)22-15/h10,12-13,19H,4-9H2,1-3H3,(H,20,22)(H,21,24)(H,25,26)/t12-,13+/m1/s1. The van der Waals surface area contributed by atoms with Crippen molar-refractivity contribution >= 4 is 23.6 Å². The number of carbonyl (C=O) groups is 2. The van der Waals surface area contributed by atoms with Crippen LogP contribution in [-0.4, -0.2) is 63.2 Å². The third-order valence-electron chi connectivity index (χ3n) is 4.93. The van der Waals surface area contributed by atoms with E-state index in [4.69, 9.17) is 11.6 Å². The molecule has 0 aromatic carbocycles. The molecule has 2 rings (SSSR count). The molecule has 2 atom stereocenters. The Bertz CT molecular complexity index is 632. The van der Waals surface area contributed by atoms with Gasteiger partial charge in [-0.15, -0.1) is 0 Å². The summed E-state index contributed by atoms with van der Waals surface area (Å²) in [5.74, 6) is -0.134. The molecule has 0 radical (unpaired) electrons. The SMILES string of the molecule is CCc1[nH]c(C(=O)N[C@@H]2CCN(C(=O)O)C[C@@H]2NC(CC)CC)nc1Cl. The summed E-state index contributed by atoms with van der Waals surface area (Å²) in [5, 5.41) is 16.1. The number of hydrogen-bond donors (Lipinski definition) is 4. The molecular weight excluding hydrogens is 358 g/mol. The van der Waals surface area contributed by atoms with Crippen molar-refractivity contribution in [2.75, 3.05) is 13.1 Å². The van der Waals surface area contributed by atoms with Crippen LogP contribution in [0.1, 0.15) is 56.3 Å². The first-order valence-electron chi connectivity index (χ1n) is 9.18. The van der Waals surface area contributed by atoms with E-state index in [-0.39, 0.29) is 29.9 Å². The fourth-order valence-corrected chi connectivity index (χ4v) is 3.53. The normalized spacial score (nSPS) is 20.4. The molecule has 0 spiro atoms. The number of imidazole rings is 1. The van der Waals surface area contributed by atoms with Crippen molar-refractivity contribution in [2.24, 2.45) is 0 Å². The predicted octanol–water partition coefficient (Wildman–Crippen LogP) is 2.25. The van der Waals surface area contributed by atoms with E-state index in [0.29, 0.717) is 31.1 Å². The molecule has 0 saturated carbocycles. The van der Waals surface area contributed by atoms with Gasteiger partial charge in [-0.25, -0.2) is 9.78 Å². The predicted molar refractivity (Wildman–Crippen MR) is 99.7 cm³/mol. The second-order valence-corrected chi connectivity index (χ2v) is 6.95. The Morgan fingerprint density at radius 3 is 2.58 bits per heavy atom. The third kappa shape index (κ3) is 4.88. The van der Waals surface area contributed by atoms with Crippen molar-refractivity contribution in [3.05, 3.63) is 16.7 Å². The molecule has 9 heteroatoms. The zero-order valence-electron chi connectivity index (χ0n) is 15.5. The van der Waals surface area contributed by atoms with E-state index in [1.54, 1.807) is 0 Å². The molecular formula is C17H28ClN5O3. The lowest BCUT2D eigenvalue weighted by molar-refractivity contribution is 0.0852. The molecule has 8 nitrogen and oxygen atoms in total. The highest BCUT2D eigenvalue weighted by molar-refractivity contribution is 6.30. The van der Waals surface area contributed by atoms with Crippen molar-refractivity contribution in [3.63, 3.8) is 0 Å². The number of likely N-dealkylation sites (tertiary alicyclic amines) is 1. The summed E-state index contributed by atoms with van der Waals surface area (Å²) < 4.78 is 0. The van der Waals surface area contributed by atoms with Gasteiger partial charge in [0, 0.05) is 31.2 Å². The number of piperidine rings is 1. The number of rotatable bonds is 7. The van der Waals surface area contributed by atoms with Crippen LogP contribution in [0.5, 0.6) is 0 Å². The smallest absolute Gasteiger partial charge is 0.407 e. The summed E-state index contributed by atoms with van der Waals surface area (Å²) in [7, 11) is 0. The number of aromatic nitrogens is 2. The number of H-pyrrole nitrogens is 1. The zero-order valence-corrected chi connectivity index (χ0v) is 16.3. The maximum absolute atomic E-state index is 12.6. The molecule has 1 fully saturated rings. The summed E-state index contributed by atoms with van der Waals surface area (Å²) in [4.78, 5) is 32.3. The van der Waals surface area contributed by atoms with E-state index >= 15 is 0 Å². The van der Waals surface area contributed by atoms with Crippen LogP contribution in [0.15, 0.2) is 0 Å². The number of aromatic amines is 1. The second kappa shape index (κ2) is 9.23. The van der Waals surface area contributed by atoms with Crippen LogP contribution in [-0.2, 0) is 6.42 Å². The minimum Gasteiger partial charge on any atom is -0.465 e. The first-order valence-corrected chi connectivity index (χ1v) is 9.56. The van der Waals surface area contributed by atoms with Gasteiger partial charge in [-0.05, 0) is 25.7 Å². The molecule has 4 N–H and O–H groups in total. The lowest BCUT2D eigenvalue weighted by Gasteiger charge is -2.39. The highest BCUT2D eigenvalue weighted by Gasteiger charge is 2.33. The molecule has 1 saturated heterocycles. The van der Waals surface area contributed by atoms with Crippen LogP contribution < -0.4 is 10.6 Å². The highest BCUT2D eigenvalue weighted by atomic mass is 35.5. The first kappa shape index (κ1) is 20.5. The maximum Gasteiger partial charge on any atom is 0.407 e. The molecule has 1 aromatic rings. The lowest BCUT2D eigenvalue weighted by Crippen LogP contribution is -2.61. The van der Waals surface area contributed by atoms with Crippen LogP contribution >= 0.6 is 11.6 Å².